The molecule has 1 aliphatic rings. The van der Waals surface area contributed by atoms with Crippen LogP contribution in [0.25, 0.3) is 22.4 Å². The molecule has 1 aromatic heterocycles. The first kappa shape index (κ1) is 23.7. The van der Waals surface area contributed by atoms with Gasteiger partial charge in [-0.3, -0.25) is 4.79 Å². The van der Waals surface area contributed by atoms with Gasteiger partial charge < -0.3 is 19.1 Å². The number of para-hydroxylation sites is 3. The van der Waals surface area contributed by atoms with Crippen molar-refractivity contribution in [3.63, 3.8) is 0 Å². The number of carboxylic acids is 1. The number of alkyl halides is 3. The summed E-state index contributed by atoms with van der Waals surface area (Å²) in [4.78, 5) is 15.7. The number of halogens is 3. The fourth-order valence-corrected chi connectivity index (χ4v) is 4.39. The maximum atomic E-state index is 12.6. The molecule has 0 radical (unpaired) electrons. The lowest BCUT2D eigenvalue weighted by molar-refractivity contribution is -0.274. The van der Waals surface area contributed by atoms with Crippen LogP contribution < -0.4 is 9.47 Å². The smallest absolute Gasteiger partial charge is 0.493 e. The summed E-state index contributed by atoms with van der Waals surface area (Å²) in [5.41, 5.74) is 3.20. The number of aliphatic carboxylic acids is 1. The molecule has 3 aromatic carbocycles. The Kier molecular flexibility index (Phi) is 6.30. The van der Waals surface area contributed by atoms with E-state index >= 15 is 0 Å². The van der Waals surface area contributed by atoms with Crippen molar-refractivity contribution in [2.24, 2.45) is 11.8 Å². The number of hydrogen-bond acceptors (Lipinski definition) is 4. The highest BCUT2D eigenvalue weighted by Crippen LogP contribution is 2.41. The Morgan fingerprint density at radius 2 is 1.72 bits per heavy atom. The Balaban J connectivity index is 1.41. The normalized spacial score (nSPS) is 17.2. The Bertz CT molecular complexity index is 1380. The van der Waals surface area contributed by atoms with Crippen molar-refractivity contribution in [2.45, 2.75) is 25.7 Å². The molecule has 6 nitrogen and oxygen atoms in total. The van der Waals surface area contributed by atoms with E-state index in [2.05, 4.69) is 4.74 Å². The van der Waals surface area contributed by atoms with Gasteiger partial charge in [-0.1, -0.05) is 30.3 Å². The summed E-state index contributed by atoms with van der Waals surface area (Å²) in [6.07, 6.45) is -3.75. The van der Waals surface area contributed by atoms with Crippen LogP contribution in [0.15, 0.2) is 72.8 Å². The van der Waals surface area contributed by atoms with E-state index in [4.69, 9.17) is 14.8 Å². The number of nitrogens with zero attached hydrogens (tertiary/aromatic N) is 2. The Labute approximate surface area is 204 Å². The molecule has 0 bridgehead atoms. The summed E-state index contributed by atoms with van der Waals surface area (Å²) in [6.45, 7) is 0.878. The second-order valence-corrected chi connectivity index (χ2v) is 8.85. The van der Waals surface area contributed by atoms with Gasteiger partial charge in [0.2, 0.25) is 0 Å². The first-order chi connectivity index (χ1) is 17.3. The van der Waals surface area contributed by atoms with E-state index in [-0.39, 0.29) is 24.0 Å². The summed E-state index contributed by atoms with van der Waals surface area (Å²) in [7, 11) is 0. The molecular formula is C27H23F3N2O4. The summed E-state index contributed by atoms with van der Waals surface area (Å²) in [6, 6.07) is 20.9. The quantitative estimate of drug-likeness (QED) is 0.301. The fourth-order valence-electron chi connectivity index (χ4n) is 4.39. The van der Waals surface area contributed by atoms with Crippen LogP contribution in [0.1, 0.15) is 18.4 Å². The minimum absolute atomic E-state index is 0.156. The highest BCUT2D eigenvalue weighted by Gasteiger charge is 2.39. The Morgan fingerprint density at radius 1 is 1.00 bits per heavy atom. The SMILES string of the molecule is O=C(O)CC1CC1COc1ccccc1Cn1c(-c2ccc(OC(F)(F)F)cc2)nc2ccccc21. The second-order valence-electron chi connectivity index (χ2n) is 8.85. The molecule has 1 saturated carbocycles. The monoisotopic (exact) mass is 496 g/mol. The van der Waals surface area contributed by atoms with Gasteiger partial charge in [-0.25, -0.2) is 4.98 Å². The number of aromatic nitrogens is 2. The molecule has 0 spiro atoms. The fraction of sp³-hybridized carbons (Fsp3) is 0.259. The molecule has 4 aromatic rings. The third kappa shape index (κ3) is 5.45. The molecular weight excluding hydrogens is 473 g/mol. The van der Waals surface area contributed by atoms with Gasteiger partial charge in [-0.05, 0) is 60.7 Å². The van der Waals surface area contributed by atoms with Crippen molar-refractivity contribution >= 4 is 17.0 Å². The van der Waals surface area contributed by atoms with Crippen molar-refractivity contribution in [1.29, 1.82) is 0 Å². The van der Waals surface area contributed by atoms with E-state index in [0.29, 0.717) is 30.3 Å². The van der Waals surface area contributed by atoms with Crippen molar-refractivity contribution in [1.82, 2.24) is 9.55 Å². The minimum Gasteiger partial charge on any atom is -0.493 e. The largest absolute Gasteiger partial charge is 0.573 e. The van der Waals surface area contributed by atoms with E-state index in [1.165, 1.54) is 12.1 Å². The molecule has 0 amide bonds. The third-order valence-corrected chi connectivity index (χ3v) is 6.26. The lowest BCUT2D eigenvalue weighted by Gasteiger charge is -2.15. The molecule has 1 fully saturated rings. The molecule has 2 unspecified atom stereocenters. The molecule has 2 atom stereocenters. The van der Waals surface area contributed by atoms with E-state index < -0.39 is 12.3 Å². The molecule has 186 valence electrons. The van der Waals surface area contributed by atoms with Gasteiger partial charge in [0.15, 0.2) is 0 Å². The summed E-state index contributed by atoms with van der Waals surface area (Å²) in [5, 5.41) is 8.98. The minimum atomic E-state index is -4.76. The van der Waals surface area contributed by atoms with Gasteiger partial charge in [0.05, 0.1) is 24.2 Å². The molecule has 0 aliphatic heterocycles. The van der Waals surface area contributed by atoms with Crippen molar-refractivity contribution in [3.8, 4) is 22.9 Å². The van der Waals surface area contributed by atoms with Gasteiger partial charge >= 0.3 is 12.3 Å². The van der Waals surface area contributed by atoms with Crippen molar-refractivity contribution in [3.05, 3.63) is 78.4 Å². The van der Waals surface area contributed by atoms with E-state index in [1.54, 1.807) is 12.1 Å². The summed E-state index contributed by atoms with van der Waals surface area (Å²) >= 11 is 0. The van der Waals surface area contributed by atoms with Crippen LogP contribution in [0.4, 0.5) is 13.2 Å². The van der Waals surface area contributed by atoms with Crippen LogP contribution in [-0.4, -0.2) is 33.6 Å². The third-order valence-electron chi connectivity index (χ3n) is 6.26. The number of fused-ring (bicyclic) bond motifs is 1. The van der Waals surface area contributed by atoms with Crippen LogP contribution in [0, 0.1) is 11.8 Å². The van der Waals surface area contributed by atoms with Crippen LogP contribution in [0.2, 0.25) is 0 Å². The Morgan fingerprint density at radius 3 is 2.47 bits per heavy atom. The molecule has 36 heavy (non-hydrogen) atoms. The molecule has 9 heteroatoms. The topological polar surface area (TPSA) is 73.6 Å². The zero-order valence-electron chi connectivity index (χ0n) is 19.1. The van der Waals surface area contributed by atoms with Crippen molar-refractivity contribution < 1.29 is 32.5 Å². The van der Waals surface area contributed by atoms with Crippen LogP contribution in [-0.2, 0) is 11.3 Å². The van der Waals surface area contributed by atoms with Gasteiger partial charge in [0, 0.05) is 17.5 Å². The van der Waals surface area contributed by atoms with Gasteiger partial charge in [-0.2, -0.15) is 0 Å². The predicted octanol–water partition coefficient (Wildman–Crippen LogP) is 6.14. The number of carboxylic acid groups (broad SMARTS) is 1. The van der Waals surface area contributed by atoms with Crippen LogP contribution >= 0.6 is 0 Å². The average molecular weight is 496 g/mol. The summed E-state index contributed by atoms with van der Waals surface area (Å²) in [5.74, 6) is 0.609. The predicted molar refractivity (Wildman–Crippen MR) is 127 cm³/mol. The Hall–Kier alpha value is -4.01. The van der Waals surface area contributed by atoms with E-state index in [0.717, 1.165) is 23.0 Å². The number of imidazole rings is 1. The zero-order chi connectivity index (χ0) is 25.3. The second kappa shape index (κ2) is 9.56. The van der Waals surface area contributed by atoms with Crippen LogP contribution in [0.5, 0.6) is 11.5 Å². The first-order valence-electron chi connectivity index (χ1n) is 11.5. The first-order valence-corrected chi connectivity index (χ1v) is 11.5. The highest BCUT2D eigenvalue weighted by atomic mass is 19.4. The number of ether oxygens (including phenoxy) is 2. The lowest BCUT2D eigenvalue weighted by atomic mass is 10.1. The maximum absolute atomic E-state index is 12.6. The van der Waals surface area contributed by atoms with E-state index in [9.17, 15) is 18.0 Å². The molecule has 1 heterocycles. The lowest BCUT2D eigenvalue weighted by Crippen LogP contribution is -2.17. The standard InChI is InChI=1S/C27H23F3N2O4/c28-27(29,30)36-21-11-9-17(10-12-21)26-31-22-6-2-3-7-23(22)32(26)15-18-5-1-4-8-24(18)35-16-20-13-19(20)14-25(33)34/h1-12,19-20H,13-16H2,(H,33,34). The molecule has 0 saturated heterocycles. The zero-order valence-corrected chi connectivity index (χ0v) is 19.1. The maximum Gasteiger partial charge on any atom is 0.573 e. The van der Waals surface area contributed by atoms with E-state index in [1.807, 2.05) is 53.1 Å². The molecule has 1 N–H and O–H groups in total. The van der Waals surface area contributed by atoms with Gasteiger partial charge in [-0.15, -0.1) is 13.2 Å². The molecule has 5 rings (SSSR count). The average Bonchev–Trinajstić information content (AvgIpc) is 3.46. The van der Waals surface area contributed by atoms with Gasteiger partial charge in [0.1, 0.15) is 17.3 Å². The number of hydrogen-bond donors (Lipinski definition) is 1. The number of carbonyl (C=O) groups is 1. The van der Waals surface area contributed by atoms with Crippen molar-refractivity contribution in [2.75, 3.05) is 6.61 Å². The molecule has 1 aliphatic carbocycles. The summed E-state index contributed by atoms with van der Waals surface area (Å²) < 4.78 is 49.8. The number of rotatable bonds is 9. The number of benzene rings is 3. The van der Waals surface area contributed by atoms with Gasteiger partial charge in [0.25, 0.3) is 0 Å². The van der Waals surface area contributed by atoms with Crippen LogP contribution in [0.3, 0.4) is 0 Å². The highest BCUT2D eigenvalue weighted by molar-refractivity contribution is 5.81.